The van der Waals surface area contributed by atoms with E-state index in [0.29, 0.717) is 5.56 Å². The lowest BCUT2D eigenvalue weighted by molar-refractivity contribution is -0.384. The number of carbonyl (C=O) groups excluding carboxylic acids is 1. The van der Waals surface area contributed by atoms with Gasteiger partial charge in [0, 0.05) is 12.1 Å². The third-order valence-corrected chi connectivity index (χ3v) is 3.64. The van der Waals surface area contributed by atoms with Crippen molar-refractivity contribution in [3.8, 4) is 0 Å². The van der Waals surface area contributed by atoms with Crippen molar-refractivity contribution in [2.45, 2.75) is 18.9 Å². The summed E-state index contributed by atoms with van der Waals surface area (Å²) in [5.41, 5.74) is 2.54. The third-order valence-electron chi connectivity index (χ3n) is 3.64. The zero-order valence-electron chi connectivity index (χ0n) is 11.2. The fourth-order valence-electron chi connectivity index (χ4n) is 2.56. The van der Waals surface area contributed by atoms with E-state index >= 15 is 0 Å². The lowest BCUT2D eigenvalue weighted by Crippen LogP contribution is -2.09. The number of ether oxygens (including phenoxy) is 1. The predicted molar refractivity (Wildman–Crippen MR) is 76.0 cm³/mol. The number of nitrogens with zero attached hydrogens (tertiary/aromatic N) is 1. The lowest BCUT2D eigenvalue weighted by Gasteiger charge is -2.13. The van der Waals surface area contributed by atoms with Gasteiger partial charge in [-0.1, -0.05) is 24.3 Å². The summed E-state index contributed by atoms with van der Waals surface area (Å²) in [5.74, 6) is -0.452. The summed E-state index contributed by atoms with van der Waals surface area (Å²) in [7, 11) is 0. The molecule has 0 heterocycles. The van der Waals surface area contributed by atoms with Gasteiger partial charge in [0.15, 0.2) is 0 Å². The Kier molecular flexibility index (Phi) is 3.39. The molecule has 21 heavy (non-hydrogen) atoms. The molecule has 0 radical (unpaired) electrons. The molecule has 5 nitrogen and oxygen atoms in total. The highest BCUT2D eigenvalue weighted by Gasteiger charge is 2.25. The van der Waals surface area contributed by atoms with E-state index in [4.69, 9.17) is 4.74 Å². The number of non-ortho nitro benzene ring substituents is 1. The number of nitro benzene ring substituents is 1. The number of aryl methyl sites for hydroxylation is 1. The Labute approximate surface area is 121 Å². The van der Waals surface area contributed by atoms with Gasteiger partial charge >= 0.3 is 5.97 Å². The monoisotopic (exact) mass is 283 g/mol. The van der Waals surface area contributed by atoms with Gasteiger partial charge in [0.25, 0.3) is 5.69 Å². The molecule has 0 spiro atoms. The van der Waals surface area contributed by atoms with Gasteiger partial charge in [0.2, 0.25) is 0 Å². The molecule has 1 aliphatic carbocycles. The Balaban J connectivity index is 1.74. The molecule has 3 rings (SSSR count). The number of benzene rings is 2. The van der Waals surface area contributed by atoms with Crippen LogP contribution in [0.5, 0.6) is 0 Å². The van der Waals surface area contributed by atoms with Crippen LogP contribution in [0.3, 0.4) is 0 Å². The van der Waals surface area contributed by atoms with Crippen LogP contribution in [0.2, 0.25) is 0 Å². The van der Waals surface area contributed by atoms with Crippen molar-refractivity contribution in [1.29, 1.82) is 0 Å². The van der Waals surface area contributed by atoms with Crippen molar-refractivity contribution in [2.24, 2.45) is 0 Å². The molecule has 1 atom stereocenters. The van der Waals surface area contributed by atoms with Crippen molar-refractivity contribution in [3.05, 3.63) is 75.3 Å². The smallest absolute Gasteiger partial charge is 0.338 e. The van der Waals surface area contributed by atoms with Crippen molar-refractivity contribution in [2.75, 3.05) is 0 Å². The first-order chi connectivity index (χ1) is 10.1. The highest BCUT2D eigenvalue weighted by atomic mass is 16.6. The number of carbonyl (C=O) groups is 1. The van der Waals surface area contributed by atoms with Crippen molar-refractivity contribution < 1.29 is 14.5 Å². The van der Waals surface area contributed by atoms with E-state index in [0.717, 1.165) is 18.4 Å². The molecule has 0 saturated carbocycles. The standard InChI is InChI=1S/C16H13NO4/c18-16(12-5-8-13(9-6-12)17(19)20)21-15-10-7-11-3-1-2-4-14(11)15/h1-6,8-9,15H,7,10H2/t15-/m0/s1. The molecule has 5 heteroatoms. The molecule has 0 aromatic heterocycles. The van der Waals surface area contributed by atoms with E-state index < -0.39 is 10.9 Å². The third kappa shape index (κ3) is 2.63. The van der Waals surface area contributed by atoms with E-state index in [1.165, 1.54) is 29.8 Å². The SMILES string of the molecule is O=C(O[C@H]1CCc2ccccc21)c1ccc([N+](=O)[O-])cc1. The van der Waals surface area contributed by atoms with Gasteiger partial charge in [-0.2, -0.15) is 0 Å². The number of hydrogen-bond donors (Lipinski definition) is 0. The largest absolute Gasteiger partial charge is 0.454 e. The minimum Gasteiger partial charge on any atom is -0.454 e. The second-order valence-electron chi connectivity index (χ2n) is 4.94. The zero-order chi connectivity index (χ0) is 14.8. The molecule has 0 bridgehead atoms. The van der Waals surface area contributed by atoms with Crippen LogP contribution in [0.15, 0.2) is 48.5 Å². The fraction of sp³-hybridized carbons (Fsp3) is 0.188. The van der Waals surface area contributed by atoms with Gasteiger partial charge in [0.1, 0.15) is 6.10 Å². The van der Waals surface area contributed by atoms with Crippen molar-refractivity contribution >= 4 is 11.7 Å². The van der Waals surface area contributed by atoms with Crippen LogP contribution in [0.1, 0.15) is 34.0 Å². The summed E-state index contributed by atoms with van der Waals surface area (Å²) in [6.07, 6.45) is 1.44. The van der Waals surface area contributed by atoms with Crippen LogP contribution in [-0.4, -0.2) is 10.9 Å². The lowest BCUT2D eigenvalue weighted by atomic mass is 10.1. The number of nitro groups is 1. The molecule has 0 fully saturated rings. The molecule has 2 aromatic carbocycles. The van der Waals surface area contributed by atoms with Crippen LogP contribution in [0, 0.1) is 10.1 Å². The quantitative estimate of drug-likeness (QED) is 0.491. The number of rotatable bonds is 3. The van der Waals surface area contributed by atoms with Gasteiger partial charge < -0.3 is 4.74 Å². The van der Waals surface area contributed by atoms with Gasteiger partial charge in [-0.05, 0) is 36.1 Å². The van der Waals surface area contributed by atoms with E-state index in [2.05, 4.69) is 0 Å². The van der Waals surface area contributed by atoms with E-state index in [1.54, 1.807) is 0 Å². The summed E-state index contributed by atoms with van der Waals surface area (Å²) >= 11 is 0. The van der Waals surface area contributed by atoms with Gasteiger partial charge in [-0.15, -0.1) is 0 Å². The zero-order valence-corrected chi connectivity index (χ0v) is 11.2. The molecular formula is C16H13NO4. The Morgan fingerprint density at radius 2 is 1.86 bits per heavy atom. The van der Waals surface area contributed by atoms with E-state index in [-0.39, 0.29) is 11.8 Å². The minimum absolute atomic E-state index is 0.0437. The molecule has 0 amide bonds. The topological polar surface area (TPSA) is 69.4 Å². The molecule has 0 saturated heterocycles. The van der Waals surface area contributed by atoms with Crippen molar-refractivity contribution in [1.82, 2.24) is 0 Å². The summed E-state index contributed by atoms with van der Waals surface area (Å²) < 4.78 is 5.52. The van der Waals surface area contributed by atoms with Gasteiger partial charge in [0.05, 0.1) is 10.5 Å². The molecule has 0 aliphatic heterocycles. The van der Waals surface area contributed by atoms with Crippen LogP contribution >= 0.6 is 0 Å². The first kappa shape index (κ1) is 13.3. The number of esters is 1. The first-order valence-electron chi connectivity index (χ1n) is 6.68. The summed E-state index contributed by atoms with van der Waals surface area (Å²) in [6.45, 7) is 0. The van der Waals surface area contributed by atoms with Crippen LogP contribution in [0.25, 0.3) is 0 Å². The van der Waals surface area contributed by atoms with Gasteiger partial charge in [-0.25, -0.2) is 4.79 Å². The van der Waals surface area contributed by atoms with Crippen LogP contribution in [-0.2, 0) is 11.2 Å². The Hall–Kier alpha value is -2.69. The van der Waals surface area contributed by atoms with E-state index in [1.807, 2.05) is 24.3 Å². The van der Waals surface area contributed by atoms with Gasteiger partial charge in [-0.3, -0.25) is 10.1 Å². The Bertz CT molecular complexity index is 694. The highest BCUT2D eigenvalue weighted by Crippen LogP contribution is 2.34. The molecule has 2 aromatic rings. The molecular weight excluding hydrogens is 270 g/mol. The summed E-state index contributed by atoms with van der Waals surface area (Å²) in [4.78, 5) is 22.2. The number of fused-ring (bicyclic) bond motifs is 1. The average Bonchev–Trinajstić information content (AvgIpc) is 2.91. The molecule has 0 unspecified atom stereocenters. The van der Waals surface area contributed by atoms with Crippen LogP contribution < -0.4 is 0 Å². The average molecular weight is 283 g/mol. The predicted octanol–water partition coefficient (Wildman–Crippen LogP) is 3.44. The maximum Gasteiger partial charge on any atom is 0.338 e. The molecule has 0 N–H and O–H groups in total. The normalized spacial score (nSPS) is 16.3. The second kappa shape index (κ2) is 5.36. The molecule has 106 valence electrons. The summed E-state index contributed by atoms with van der Waals surface area (Å²) in [5, 5.41) is 10.6. The van der Waals surface area contributed by atoms with Crippen LogP contribution in [0.4, 0.5) is 5.69 Å². The fourth-order valence-corrected chi connectivity index (χ4v) is 2.56. The Morgan fingerprint density at radius 3 is 2.57 bits per heavy atom. The highest BCUT2D eigenvalue weighted by molar-refractivity contribution is 5.89. The summed E-state index contributed by atoms with van der Waals surface area (Å²) in [6, 6.07) is 13.3. The first-order valence-corrected chi connectivity index (χ1v) is 6.68. The van der Waals surface area contributed by atoms with E-state index in [9.17, 15) is 14.9 Å². The Morgan fingerprint density at radius 1 is 1.14 bits per heavy atom. The molecule has 1 aliphatic rings. The van der Waals surface area contributed by atoms with Crippen molar-refractivity contribution in [3.63, 3.8) is 0 Å². The maximum absolute atomic E-state index is 12.1. The maximum atomic E-state index is 12.1. The second-order valence-corrected chi connectivity index (χ2v) is 4.94. The minimum atomic E-state index is -0.498. The number of hydrogen-bond acceptors (Lipinski definition) is 4.